The zero-order valence-corrected chi connectivity index (χ0v) is 11.1. The van der Waals surface area contributed by atoms with Crippen molar-refractivity contribution < 1.29 is 14.7 Å². The van der Waals surface area contributed by atoms with Gasteiger partial charge in [-0.3, -0.25) is 9.59 Å². The Hall–Kier alpha value is -2.46. The van der Waals surface area contributed by atoms with Crippen LogP contribution < -0.4 is 5.32 Å². The van der Waals surface area contributed by atoms with Crippen molar-refractivity contribution in [2.45, 2.75) is 6.92 Å². The number of rotatable bonds is 4. The van der Waals surface area contributed by atoms with Crippen molar-refractivity contribution in [2.24, 2.45) is 0 Å². The van der Waals surface area contributed by atoms with E-state index in [0.29, 0.717) is 16.8 Å². The number of anilines is 1. The van der Waals surface area contributed by atoms with Gasteiger partial charge in [-0.05, 0) is 31.2 Å². The first kappa shape index (κ1) is 14.0. The standard InChI is InChI=1S/C16H15NO3/c1-11-6-8-12(9-7-11)16(20)17-14-5-3-2-4-13(14)15(19)10-18/h2-9,18H,10H2,1H3,(H,17,20). The number of aliphatic hydroxyl groups is 1. The van der Waals surface area contributed by atoms with Crippen molar-refractivity contribution in [1.82, 2.24) is 0 Å². The highest BCUT2D eigenvalue weighted by Gasteiger charge is 2.12. The first-order chi connectivity index (χ1) is 9.61. The molecule has 0 bridgehead atoms. The molecule has 1 amide bonds. The van der Waals surface area contributed by atoms with Gasteiger partial charge in [0.15, 0.2) is 5.78 Å². The lowest BCUT2D eigenvalue weighted by molar-refractivity contribution is 0.0904. The average Bonchev–Trinajstić information content (AvgIpc) is 2.47. The zero-order valence-electron chi connectivity index (χ0n) is 11.1. The Morgan fingerprint density at radius 3 is 2.35 bits per heavy atom. The molecule has 2 aromatic carbocycles. The number of Topliss-reactive ketones (excluding diaryl/α,β-unsaturated/α-hetero) is 1. The first-order valence-electron chi connectivity index (χ1n) is 6.23. The number of aryl methyl sites for hydroxylation is 1. The Morgan fingerprint density at radius 2 is 1.70 bits per heavy atom. The van der Waals surface area contributed by atoms with Crippen LogP contribution in [0.25, 0.3) is 0 Å². The van der Waals surface area contributed by atoms with Crippen molar-refractivity contribution in [3.05, 3.63) is 65.2 Å². The normalized spacial score (nSPS) is 10.1. The number of carbonyl (C=O) groups is 2. The molecule has 0 aromatic heterocycles. The number of ketones is 1. The molecule has 0 unspecified atom stereocenters. The molecule has 0 saturated heterocycles. The zero-order chi connectivity index (χ0) is 14.5. The summed E-state index contributed by atoms with van der Waals surface area (Å²) in [6.45, 7) is 1.36. The van der Waals surface area contributed by atoms with E-state index in [-0.39, 0.29) is 5.91 Å². The fraction of sp³-hybridized carbons (Fsp3) is 0.125. The maximum absolute atomic E-state index is 12.1. The predicted octanol–water partition coefficient (Wildman–Crippen LogP) is 2.42. The fourth-order valence-corrected chi connectivity index (χ4v) is 1.82. The molecule has 102 valence electrons. The number of hydrogen-bond acceptors (Lipinski definition) is 3. The van der Waals surface area contributed by atoms with Crippen LogP contribution in [0.1, 0.15) is 26.3 Å². The van der Waals surface area contributed by atoms with Gasteiger partial charge in [0.25, 0.3) is 5.91 Å². The van der Waals surface area contributed by atoms with Crippen LogP contribution >= 0.6 is 0 Å². The van der Waals surface area contributed by atoms with Gasteiger partial charge < -0.3 is 10.4 Å². The molecule has 0 saturated carbocycles. The molecule has 4 heteroatoms. The third-order valence-electron chi connectivity index (χ3n) is 2.93. The Bertz CT molecular complexity index is 632. The highest BCUT2D eigenvalue weighted by atomic mass is 16.3. The van der Waals surface area contributed by atoms with Gasteiger partial charge in [-0.2, -0.15) is 0 Å². The molecule has 2 aromatic rings. The summed E-state index contributed by atoms with van der Waals surface area (Å²) in [5.74, 6) is -0.715. The van der Waals surface area contributed by atoms with Crippen LogP contribution in [0, 0.1) is 6.92 Å². The average molecular weight is 269 g/mol. The second kappa shape index (κ2) is 6.12. The molecule has 0 aliphatic heterocycles. The molecule has 0 fully saturated rings. The Labute approximate surface area is 117 Å². The molecule has 0 aliphatic carbocycles. The van der Waals surface area contributed by atoms with Gasteiger partial charge in [-0.25, -0.2) is 0 Å². The molecule has 0 spiro atoms. The third-order valence-corrected chi connectivity index (χ3v) is 2.93. The molecule has 0 radical (unpaired) electrons. The minimum atomic E-state index is -0.586. The number of nitrogens with one attached hydrogen (secondary N) is 1. The van der Waals surface area contributed by atoms with E-state index < -0.39 is 12.4 Å². The Kier molecular flexibility index (Phi) is 4.27. The van der Waals surface area contributed by atoms with Crippen molar-refractivity contribution in [1.29, 1.82) is 0 Å². The number of carbonyl (C=O) groups excluding carboxylic acids is 2. The van der Waals surface area contributed by atoms with Crippen molar-refractivity contribution in [2.75, 3.05) is 11.9 Å². The molecular formula is C16H15NO3. The van der Waals surface area contributed by atoms with Gasteiger partial charge in [-0.15, -0.1) is 0 Å². The van der Waals surface area contributed by atoms with Crippen LogP contribution in [-0.2, 0) is 0 Å². The highest BCUT2D eigenvalue weighted by Crippen LogP contribution is 2.17. The number of amides is 1. The van der Waals surface area contributed by atoms with Gasteiger partial charge >= 0.3 is 0 Å². The van der Waals surface area contributed by atoms with Gasteiger partial charge in [0, 0.05) is 11.1 Å². The van der Waals surface area contributed by atoms with Crippen molar-refractivity contribution in [3.63, 3.8) is 0 Å². The van der Waals surface area contributed by atoms with Gasteiger partial charge in [0.1, 0.15) is 6.61 Å². The molecule has 2 rings (SSSR count). The molecule has 4 nitrogen and oxygen atoms in total. The lowest BCUT2D eigenvalue weighted by atomic mass is 10.1. The highest BCUT2D eigenvalue weighted by molar-refractivity contribution is 6.09. The van der Waals surface area contributed by atoms with Crippen LogP contribution in [-0.4, -0.2) is 23.4 Å². The SMILES string of the molecule is Cc1ccc(C(=O)Nc2ccccc2C(=O)CO)cc1. The summed E-state index contributed by atoms with van der Waals surface area (Å²) in [6.07, 6.45) is 0. The van der Waals surface area contributed by atoms with Crippen LogP contribution in [0.5, 0.6) is 0 Å². The predicted molar refractivity (Wildman–Crippen MR) is 77.0 cm³/mol. The second-order valence-electron chi connectivity index (χ2n) is 4.45. The monoisotopic (exact) mass is 269 g/mol. The van der Waals surface area contributed by atoms with Gasteiger partial charge in [-0.1, -0.05) is 29.8 Å². The van der Waals surface area contributed by atoms with Crippen molar-refractivity contribution >= 4 is 17.4 Å². The van der Waals surface area contributed by atoms with Gasteiger partial charge in [0.05, 0.1) is 5.69 Å². The van der Waals surface area contributed by atoms with E-state index >= 15 is 0 Å². The molecular weight excluding hydrogens is 254 g/mol. The lowest BCUT2D eigenvalue weighted by Crippen LogP contribution is -2.15. The van der Waals surface area contributed by atoms with E-state index in [1.807, 2.05) is 19.1 Å². The first-order valence-corrected chi connectivity index (χ1v) is 6.23. The lowest BCUT2D eigenvalue weighted by Gasteiger charge is -2.09. The largest absolute Gasteiger partial charge is 0.388 e. The van der Waals surface area contributed by atoms with E-state index in [4.69, 9.17) is 5.11 Å². The summed E-state index contributed by atoms with van der Waals surface area (Å²) in [5.41, 5.74) is 2.28. The van der Waals surface area contributed by atoms with E-state index in [2.05, 4.69) is 5.32 Å². The number of aliphatic hydroxyl groups excluding tert-OH is 1. The molecule has 0 heterocycles. The summed E-state index contributed by atoms with van der Waals surface area (Å²) >= 11 is 0. The fourth-order valence-electron chi connectivity index (χ4n) is 1.82. The van der Waals surface area contributed by atoms with E-state index in [1.165, 1.54) is 0 Å². The van der Waals surface area contributed by atoms with Crippen LogP contribution in [0.15, 0.2) is 48.5 Å². The molecule has 0 atom stereocenters. The number of para-hydroxylation sites is 1. The van der Waals surface area contributed by atoms with Gasteiger partial charge in [0.2, 0.25) is 0 Å². The van der Waals surface area contributed by atoms with E-state index in [9.17, 15) is 9.59 Å². The maximum Gasteiger partial charge on any atom is 0.255 e. The second-order valence-corrected chi connectivity index (χ2v) is 4.45. The van der Waals surface area contributed by atoms with E-state index in [0.717, 1.165) is 5.56 Å². The summed E-state index contributed by atoms with van der Waals surface area (Å²) in [5, 5.41) is 11.6. The quantitative estimate of drug-likeness (QED) is 0.838. The molecule has 0 aliphatic rings. The van der Waals surface area contributed by atoms with Crippen LogP contribution in [0.3, 0.4) is 0 Å². The minimum Gasteiger partial charge on any atom is -0.388 e. The van der Waals surface area contributed by atoms with E-state index in [1.54, 1.807) is 36.4 Å². The third kappa shape index (κ3) is 3.10. The summed E-state index contributed by atoms with van der Waals surface area (Å²) < 4.78 is 0. The topological polar surface area (TPSA) is 66.4 Å². The summed E-state index contributed by atoms with van der Waals surface area (Å²) in [6, 6.07) is 13.8. The van der Waals surface area contributed by atoms with Crippen LogP contribution in [0.4, 0.5) is 5.69 Å². The minimum absolute atomic E-state index is 0.289. The molecule has 2 N–H and O–H groups in total. The summed E-state index contributed by atoms with van der Waals surface area (Å²) in [4.78, 5) is 23.7. The smallest absolute Gasteiger partial charge is 0.255 e. The Balaban J connectivity index is 2.24. The number of hydrogen-bond donors (Lipinski definition) is 2. The summed E-state index contributed by atoms with van der Waals surface area (Å²) in [7, 11) is 0. The number of benzene rings is 2. The van der Waals surface area contributed by atoms with Crippen molar-refractivity contribution in [3.8, 4) is 0 Å². The molecule has 20 heavy (non-hydrogen) atoms. The van der Waals surface area contributed by atoms with Crippen LogP contribution in [0.2, 0.25) is 0 Å². The Morgan fingerprint density at radius 1 is 1.05 bits per heavy atom. The maximum atomic E-state index is 12.1.